The Kier molecular flexibility index (Phi) is 5.95. The van der Waals surface area contributed by atoms with Crippen molar-refractivity contribution in [3.8, 4) is 5.75 Å². The van der Waals surface area contributed by atoms with Gasteiger partial charge in [-0.1, -0.05) is 17.7 Å². The van der Waals surface area contributed by atoms with Gasteiger partial charge in [0.25, 0.3) is 0 Å². The molecule has 1 rings (SSSR count). The van der Waals surface area contributed by atoms with E-state index in [1.165, 1.54) is 0 Å². The molecule has 0 spiro atoms. The zero-order valence-corrected chi connectivity index (χ0v) is 11.3. The van der Waals surface area contributed by atoms with Gasteiger partial charge in [0.2, 0.25) is 5.91 Å². The number of hydrogen-bond donors (Lipinski definition) is 2. The molecule has 1 aromatic carbocycles. The molecule has 0 heterocycles. The van der Waals surface area contributed by atoms with Crippen molar-refractivity contribution in [1.82, 2.24) is 5.32 Å². The summed E-state index contributed by atoms with van der Waals surface area (Å²) in [5.41, 5.74) is 0.732. The van der Waals surface area contributed by atoms with Gasteiger partial charge in [-0.15, -0.1) is 0 Å². The van der Waals surface area contributed by atoms with Crippen molar-refractivity contribution in [1.29, 1.82) is 0 Å². The second-order valence-corrected chi connectivity index (χ2v) is 4.33. The third-order valence-corrected chi connectivity index (χ3v) is 2.69. The number of aliphatic hydroxyl groups excluding tert-OH is 1. The van der Waals surface area contributed by atoms with E-state index in [2.05, 4.69) is 5.32 Å². The molecule has 0 saturated carbocycles. The summed E-state index contributed by atoms with van der Waals surface area (Å²) in [4.78, 5) is 11.2. The van der Waals surface area contributed by atoms with Crippen LogP contribution in [0.2, 0.25) is 5.02 Å². The van der Waals surface area contributed by atoms with Crippen LogP contribution in [0.3, 0.4) is 0 Å². The van der Waals surface area contributed by atoms with E-state index in [0.717, 1.165) is 5.56 Å². The van der Waals surface area contributed by atoms with Gasteiger partial charge in [-0.3, -0.25) is 4.79 Å². The van der Waals surface area contributed by atoms with Gasteiger partial charge in [-0.25, -0.2) is 0 Å². The Hall–Kier alpha value is -1.26. The van der Waals surface area contributed by atoms with Gasteiger partial charge in [-0.05, 0) is 31.5 Å². The quantitative estimate of drug-likeness (QED) is 0.835. The monoisotopic (exact) mass is 271 g/mol. The highest BCUT2D eigenvalue weighted by atomic mass is 35.5. The third kappa shape index (κ3) is 4.55. The average molecular weight is 272 g/mol. The fourth-order valence-electron chi connectivity index (χ4n) is 1.43. The number of carbonyl (C=O) groups is 1. The first-order chi connectivity index (χ1) is 8.54. The normalized spacial score (nSPS) is 12.0. The second kappa shape index (κ2) is 7.24. The van der Waals surface area contributed by atoms with Crippen LogP contribution < -0.4 is 10.1 Å². The number of nitrogens with one attached hydrogen (secondary N) is 1. The number of amides is 1. The summed E-state index contributed by atoms with van der Waals surface area (Å²) in [6.45, 7) is 4.42. The van der Waals surface area contributed by atoms with Crippen molar-refractivity contribution in [3.63, 3.8) is 0 Å². The third-order valence-electron chi connectivity index (χ3n) is 2.40. The zero-order valence-electron chi connectivity index (χ0n) is 10.6. The number of benzene rings is 1. The maximum absolute atomic E-state index is 11.2. The van der Waals surface area contributed by atoms with Crippen LogP contribution in [0.4, 0.5) is 0 Å². The second-order valence-electron chi connectivity index (χ2n) is 3.92. The van der Waals surface area contributed by atoms with Crippen LogP contribution in [-0.4, -0.2) is 24.2 Å². The van der Waals surface area contributed by atoms with Crippen LogP contribution >= 0.6 is 11.6 Å². The van der Waals surface area contributed by atoms with E-state index in [4.69, 9.17) is 16.3 Å². The lowest BCUT2D eigenvalue weighted by Crippen LogP contribution is -2.24. The standard InChI is InChI=1S/C13H18ClNO3/c1-3-15-13(17)6-7-18-12-5-4-10(9(2)16)8-11(12)14/h4-5,8-9,16H,3,6-7H2,1-2H3,(H,15,17)/t9-/m0/s1. The topological polar surface area (TPSA) is 58.6 Å². The average Bonchev–Trinajstić information content (AvgIpc) is 2.31. The van der Waals surface area contributed by atoms with Crippen molar-refractivity contribution in [2.75, 3.05) is 13.2 Å². The highest BCUT2D eigenvalue weighted by Gasteiger charge is 2.07. The molecule has 0 aliphatic carbocycles. The highest BCUT2D eigenvalue weighted by molar-refractivity contribution is 6.32. The molecule has 4 nitrogen and oxygen atoms in total. The summed E-state index contributed by atoms with van der Waals surface area (Å²) < 4.78 is 5.41. The van der Waals surface area contributed by atoms with Crippen LogP contribution in [0.1, 0.15) is 31.9 Å². The van der Waals surface area contributed by atoms with E-state index >= 15 is 0 Å². The fraction of sp³-hybridized carbons (Fsp3) is 0.462. The van der Waals surface area contributed by atoms with Crippen molar-refractivity contribution >= 4 is 17.5 Å². The molecule has 0 fully saturated rings. The van der Waals surface area contributed by atoms with Crippen LogP contribution in [0.15, 0.2) is 18.2 Å². The molecule has 2 N–H and O–H groups in total. The van der Waals surface area contributed by atoms with Gasteiger partial charge in [-0.2, -0.15) is 0 Å². The number of ether oxygens (including phenoxy) is 1. The van der Waals surface area contributed by atoms with Crippen LogP contribution in [0, 0.1) is 0 Å². The van der Waals surface area contributed by atoms with Gasteiger partial charge in [0.1, 0.15) is 5.75 Å². The van der Waals surface area contributed by atoms with Crippen molar-refractivity contribution in [2.45, 2.75) is 26.4 Å². The Labute approximate surface area is 112 Å². The summed E-state index contributed by atoms with van der Waals surface area (Å²) in [6.07, 6.45) is -0.269. The van der Waals surface area contributed by atoms with Gasteiger partial charge in [0, 0.05) is 6.54 Å². The first-order valence-electron chi connectivity index (χ1n) is 5.91. The van der Waals surface area contributed by atoms with E-state index in [-0.39, 0.29) is 12.5 Å². The molecule has 1 aromatic rings. The summed E-state index contributed by atoms with van der Waals surface area (Å²) in [5, 5.41) is 12.5. The molecule has 0 unspecified atom stereocenters. The Morgan fingerprint density at radius 3 is 2.83 bits per heavy atom. The van der Waals surface area contributed by atoms with Crippen LogP contribution in [-0.2, 0) is 4.79 Å². The summed E-state index contributed by atoms with van der Waals surface area (Å²) in [5.74, 6) is 0.472. The lowest BCUT2D eigenvalue weighted by atomic mass is 10.1. The summed E-state index contributed by atoms with van der Waals surface area (Å²) in [6, 6.07) is 5.10. The SMILES string of the molecule is CCNC(=O)CCOc1ccc([C@H](C)O)cc1Cl. The molecule has 0 aliphatic heterocycles. The van der Waals surface area contributed by atoms with E-state index in [1.54, 1.807) is 25.1 Å². The molecule has 0 saturated heterocycles. The largest absolute Gasteiger partial charge is 0.491 e. The van der Waals surface area contributed by atoms with Gasteiger partial charge in [0.05, 0.1) is 24.2 Å². The molecule has 0 aromatic heterocycles. The molecule has 0 bridgehead atoms. The van der Waals surface area contributed by atoms with Crippen LogP contribution in [0.5, 0.6) is 5.75 Å². The maximum Gasteiger partial charge on any atom is 0.223 e. The van der Waals surface area contributed by atoms with Crippen molar-refractivity contribution in [2.24, 2.45) is 0 Å². The minimum atomic E-state index is -0.563. The van der Waals surface area contributed by atoms with E-state index < -0.39 is 6.10 Å². The number of hydrogen-bond acceptors (Lipinski definition) is 3. The Bertz CT molecular complexity index is 407. The van der Waals surface area contributed by atoms with E-state index in [1.807, 2.05) is 6.92 Å². The Morgan fingerprint density at radius 2 is 2.28 bits per heavy atom. The maximum atomic E-state index is 11.2. The van der Waals surface area contributed by atoms with Gasteiger partial charge < -0.3 is 15.2 Å². The molecular formula is C13H18ClNO3. The van der Waals surface area contributed by atoms with Gasteiger partial charge >= 0.3 is 0 Å². The first kappa shape index (κ1) is 14.8. The molecule has 18 heavy (non-hydrogen) atoms. The van der Waals surface area contributed by atoms with E-state index in [9.17, 15) is 9.90 Å². The number of rotatable bonds is 6. The predicted octanol–water partition coefficient (Wildman–Crippen LogP) is 2.30. The summed E-state index contributed by atoms with van der Waals surface area (Å²) in [7, 11) is 0. The Morgan fingerprint density at radius 1 is 1.56 bits per heavy atom. The molecule has 1 amide bonds. The molecular weight excluding hydrogens is 254 g/mol. The predicted molar refractivity (Wildman–Crippen MR) is 70.9 cm³/mol. The highest BCUT2D eigenvalue weighted by Crippen LogP contribution is 2.27. The van der Waals surface area contributed by atoms with Crippen molar-refractivity contribution < 1.29 is 14.6 Å². The molecule has 0 radical (unpaired) electrons. The molecule has 100 valence electrons. The smallest absolute Gasteiger partial charge is 0.223 e. The van der Waals surface area contributed by atoms with Crippen LogP contribution in [0.25, 0.3) is 0 Å². The fourth-order valence-corrected chi connectivity index (χ4v) is 1.68. The summed E-state index contributed by atoms with van der Waals surface area (Å²) >= 11 is 6.01. The number of halogens is 1. The van der Waals surface area contributed by atoms with E-state index in [0.29, 0.717) is 23.7 Å². The zero-order chi connectivity index (χ0) is 13.5. The lowest BCUT2D eigenvalue weighted by Gasteiger charge is -2.10. The van der Waals surface area contributed by atoms with Crippen molar-refractivity contribution in [3.05, 3.63) is 28.8 Å². The minimum absolute atomic E-state index is 0.0470. The molecule has 5 heteroatoms. The number of carbonyl (C=O) groups excluding carboxylic acids is 1. The lowest BCUT2D eigenvalue weighted by molar-refractivity contribution is -0.121. The Balaban J connectivity index is 2.50. The molecule has 1 atom stereocenters. The molecule has 0 aliphatic rings. The minimum Gasteiger partial charge on any atom is -0.491 e. The number of aliphatic hydroxyl groups is 1. The first-order valence-corrected chi connectivity index (χ1v) is 6.29. The van der Waals surface area contributed by atoms with Gasteiger partial charge in [0.15, 0.2) is 0 Å².